The summed E-state index contributed by atoms with van der Waals surface area (Å²) in [6.45, 7) is 3.31. The van der Waals surface area contributed by atoms with Crippen molar-refractivity contribution in [2.24, 2.45) is 0 Å². The van der Waals surface area contributed by atoms with Crippen LogP contribution in [0.4, 0.5) is 9.52 Å². The molecule has 0 fully saturated rings. The summed E-state index contributed by atoms with van der Waals surface area (Å²) in [4.78, 5) is 19.4. The van der Waals surface area contributed by atoms with E-state index in [9.17, 15) is 4.39 Å². The Morgan fingerprint density at radius 2 is 1.23 bits per heavy atom. The summed E-state index contributed by atoms with van der Waals surface area (Å²) in [6.07, 6.45) is 6.83. The van der Waals surface area contributed by atoms with Gasteiger partial charge in [-0.2, -0.15) is 10.2 Å². The highest BCUT2D eigenvalue weighted by Crippen LogP contribution is 2.36. The van der Waals surface area contributed by atoms with E-state index in [-0.39, 0.29) is 0 Å². The van der Waals surface area contributed by atoms with Crippen LogP contribution in [0.5, 0.6) is 11.5 Å². The zero-order chi connectivity index (χ0) is 36.3. The van der Waals surface area contributed by atoms with Gasteiger partial charge in [-0.15, -0.1) is 11.3 Å². The second-order valence-corrected chi connectivity index (χ2v) is 14.5. The number of thiazole rings is 2. The number of nitrogen functional groups attached to an aromatic ring is 1. The van der Waals surface area contributed by atoms with E-state index in [0.29, 0.717) is 56.9 Å². The van der Waals surface area contributed by atoms with Gasteiger partial charge in [-0.25, -0.2) is 24.3 Å². The lowest BCUT2D eigenvalue weighted by molar-refractivity contribution is 0.108. The van der Waals surface area contributed by atoms with Gasteiger partial charge < -0.3 is 24.7 Å². The van der Waals surface area contributed by atoms with Gasteiger partial charge in [0.05, 0.1) is 105 Å². The summed E-state index contributed by atoms with van der Waals surface area (Å²) in [5, 5.41) is 10.8. The molecule has 0 saturated carbocycles. The lowest BCUT2D eigenvalue weighted by atomic mass is 10.2. The van der Waals surface area contributed by atoms with Crippen LogP contribution in [0.1, 0.15) is 43.1 Å². The lowest BCUT2D eigenvalue weighted by Gasteiger charge is -2.04. The lowest BCUT2D eigenvalue weighted by Crippen LogP contribution is -2.02. The van der Waals surface area contributed by atoms with Crippen LogP contribution < -0.4 is 15.2 Å². The largest absolute Gasteiger partial charge is 0.497 e. The maximum atomic E-state index is 13.0. The molecule has 2 aromatic carbocycles. The molecule has 270 valence electrons. The summed E-state index contributed by atoms with van der Waals surface area (Å²) >= 11 is 3.04. The first kappa shape index (κ1) is 34.5. The standard InChI is InChI=1S/C21H18FN5O2S.C16H16N4O2S/c1-28-15-4-2-13(3-5-15)9-27-10-16-17(26-27)11-29-12-18-21(16)25-20(30-18)6-19-23-7-14(22)8-24-19;1-21-11-4-2-10(3-5-11)6-20-7-12-13(19-20)8-22-9-14-15(12)18-16(17)23-14/h2-5,7-8,10H,6,9,11-12H2,1H3;2-5,7H,6,8-9H2,1H3,(H2,17,18). The van der Waals surface area contributed by atoms with Gasteiger partial charge in [0.25, 0.3) is 0 Å². The molecule has 7 aromatic rings. The van der Waals surface area contributed by atoms with Crippen molar-refractivity contribution in [3.63, 3.8) is 0 Å². The SMILES string of the molecule is COc1ccc(Cn2cc3c(n2)COCc2sc(Cc4ncc(F)cn4)nc2-3)cc1.COc1ccc(Cn2cc3c(n2)COCc2sc(N)nc2-3)cc1. The first-order chi connectivity index (χ1) is 25.9. The number of methoxy groups -OCH3 is 2. The Kier molecular flexibility index (Phi) is 9.90. The second-order valence-electron chi connectivity index (χ2n) is 12.3. The molecule has 0 unspecified atom stereocenters. The number of nitrogens with zero attached hydrogens (tertiary/aromatic N) is 8. The first-order valence-corrected chi connectivity index (χ1v) is 18.3. The molecule has 0 amide bonds. The Morgan fingerprint density at radius 3 is 1.75 bits per heavy atom. The molecule has 0 aliphatic carbocycles. The fraction of sp³-hybridized carbons (Fsp3) is 0.243. The molecule has 0 spiro atoms. The fourth-order valence-corrected chi connectivity index (χ4v) is 7.84. The van der Waals surface area contributed by atoms with Crippen LogP contribution in [0.2, 0.25) is 0 Å². The maximum Gasteiger partial charge on any atom is 0.180 e. The van der Waals surface area contributed by atoms with Gasteiger partial charge >= 0.3 is 0 Å². The van der Waals surface area contributed by atoms with Crippen molar-refractivity contribution in [1.82, 2.24) is 39.5 Å². The number of fused-ring (bicyclic) bond motifs is 6. The molecule has 0 saturated heterocycles. The van der Waals surface area contributed by atoms with E-state index < -0.39 is 5.82 Å². The topological polar surface area (TPSA) is 150 Å². The highest BCUT2D eigenvalue weighted by Gasteiger charge is 2.24. The Labute approximate surface area is 311 Å². The molecular weight excluding hydrogens is 718 g/mol. The summed E-state index contributed by atoms with van der Waals surface area (Å²) < 4.78 is 38.8. The second kappa shape index (κ2) is 15.2. The monoisotopic (exact) mass is 751 g/mol. The number of rotatable bonds is 8. The third-order valence-corrected chi connectivity index (χ3v) is 10.5. The Balaban J connectivity index is 0.000000156. The van der Waals surface area contributed by atoms with Gasteiger partial charge in [-0.3, -0.25) is 9.36 Å². The quantitative estimate of drug-likeness (QED) is 0.187. The van der Waals surface area contributed by atoms with E-state index in [4.69, 9.17) is 34.8 Å². The molecule has 13 nitrogen and oxygen atoms in total. The number of ether oxygens (including phenoxy) is 4. The smallest absolute Gasteiger partial charge is 0.180 e. The third-order valence-electron chi connectivity index (χ3n) is 8.58. The molecule has 5 aromatic heterocycles. The summed E-state index contributed by atoms with van der Waals surface area (Å²) in [7, 11) is 3.32. The number of benzene rings is 2. The van der Waals surface area contributed by atoms with Gasteiger partial charge in [0, 0.05) is 23.5 Å². The molecular formula is C37H34FN9O4S2. The van der Waals surface area contributed by atoms with E-state index in [1.165, 1.54) is 23.7 Å². The normalized spacial score (nSPS) is 13.0. The zero-order valence-electron chi connectivity index (χ0n) is 28.9. The third kappa shape index (κ3) is 7.80. The van der Waals surface area contributed by atoms with Crippen molar-refractivity contribution in [3.05, 3.63) is 122 Å². The van der Waals surface area contributed by atoms with Crippen molar-refractivity contribution >= 4 is 27.8 Å². The van der Waals surface area contributed by atoms with E-state index in [2.05, 4.69) is 20.1 Å². The molecule has 9 rings (SSSR count). The summed E-state index contributed by atoms with van der Waals surface area (Å²) in [5.41, 5.74) is 13.7. The molecule has 53 heavy (non-hydrogen) atoms. The van der Waals surface area contributed by atoms with Crippen molar-refractivity contribution in [2.75, 3.05) is 20.0 Å². The van der Waals surface area contributed by atoms with Crippen LogP contribution in [0, 0.1) is 5.82 Å². The summed E-state index contributed by atoms with van der Waals surface area (Å²) in [5.74, 6) is 1.77. The Morgan fingerprint density at radius 1 is 0.717 bits per heavy atom. The molecule has 16 heteroatoms. The molecule has 0 radical (unpaired) electrons. The molecule has 0 bridgehead atoms. The van der Waals surface area contributed by atoms with Crippen molar-refractivity contribution < 1.29 is 23.3 Å². The van der Waals surface area contributed by atoms with Gasteiger partial charge in [0.15, 0.2) is 10.9 Å². The highest BCUT2D eigenvalue weighted by atomic mass is 32.1. The van der Waals surface area contributed by atoms with Crippen molar-refractivity contribution in [3.8, 4) is 34.0 Å². The first-order valence-electron chi connectivity index (χ1n) is 16.7. The van der Waals surface area contributed by atoms with E-state index in [1.54, 1.807) is 25.6 Å². The van der Waals surface area contributed by atoms with Gasteiger partial charge in [-0.1, -0.05) is 35.6 Å². The minimum absolute atomic E-state index is 0.448. The van der Waals surface area contributed by atoms with Gasteiger partial charge in [0.2, 0.25) is 0 Å². The molecule has 0 atom stereocenters. The highest BCUT2D eigenvalue weighted by molar-refractivity contribution is 7.15. The average molecular weight is 752 g/mol. The maximum absolute atomic E-state index is 13.0. The molecule has 7 heterocycles. The van der Waals surface area contributed by atoms with Crippen LogP contribution in [0.15, 0.2) is 73.3 Å². The van der Waals surface area contributed by atoms with Gasteiger partial charge in [0.1, 0.15) is 22.3 Å². The number of hydrogen-bond acceptors (Lipinski definition) is 13. The van der Waals surface area contributed by atoms with Crippen LogP contribution in [0.3, 0.4) is 0 Å². The molecule has 2 N–H and O–H groups in total. The van der Waals surface area contributed by atoms with Crippen molar-refractivity contribution in [2.45, 2.75) is 45.9 Å². The zero-order valence-corrected chi connectivity index (χ0v) is 30.5. The Bertz CT molecular complexity index is 2340. The minimum Gasteiger partial charge on any atom is -0.497 e. The van der Waals surface area contributed by atoms with Crippen LogP contribution in [-0.2, 0) is 55.4 Å². The number of hydrogen-bond donors (Lipinski definition) is 1. The van der Waals surface area contributed by atoms with Crippen molar-refractivity contribution in [1.29, 1.82) is 0 Å². The minimum atomic E-state index is -0.448. The predicted molar refractivity (Wildman–Crippen MR) is 197 cm³/mol. The number of aromatic nitrogens is 8. The van der Waals surface area contributed by atoms with Crippen LogP contribution >= 0.6 is 22.7 Å². The number of halogens is 1. The number of nitrogens with two attached hydrogens (primary N) is 1. The van der Waals surface area contributed by atoms with Crippen LogP contribution in [-0.4, -0.2) is 53.7 Å². The van der Waals surface area contributed by atoms with E-state index in [1.807, 2.05) is 70.3 Å². The fourth-order valence-electron chi connectivity index (χ4n) is 6.04. The van der Waals surface area contributed by atoms with Gasteiger partial charge in [-0.05, 0) is 35.4 Å². The van der Waals surface area contributed by atoms with Crippen LogP contribution in [0.25, 0.3) is 22.5 Å². The molecule has 2 aliphatic rings. The summed E-state index contributed by atoms with van der Waals surface area (Å²) in [6, 6.07) is 15.9. The predicted octanol–water partition coefficient (Wildman–Crippen LogP) is 6.29. The average Bonchev–Trinajstić information content (AvgIpc) is 3.92. The number of anilines is 1. The van der Waals surface area contributed by atoms with E-state index in [0.717, 1.165) is 71.3 Å². The Hall–Kier alpha value is -5.55. The molecule has 2 aliphatic heterocycles. The van der Waals surface area contributed by atoms with E-state index >= 15 is 0 Å².